The molecule has 0 spiro atoms. The summed E-state index contributed by atoms with van der Waals surface area (Å²) in [6.45, 7) is 8.66. The van der Waals surface area contributed by atoms with Gasteiger partial charge in [0.25, 0.3) is 0 Å². The molecule has 3 heteroatoms. The molecule has 1 N–H and O–H groups in total. The van der Waals surface area contributed by atoms with Crippen molar-refractivity contribution < 1.29 is 0 Å². The van der Waals surface area contributed by atoms with Gasteiger partial charge in [-0.25, -0.2) is 0 Å². The number of benzene rings is 1. The Kier molecular flexibility index (Phi) is 8.35. The monoisotopic (exact) mass is 326 g/mol. The van der Waals surface area contributed by atoms with Crippen LogP contribution in [0.15, 0.2) is 22.7 Å². The highest BCUT2D eigenvalue weighted by Gasteiger charge is 2.05. The molecule has 0 atom stereocenters. The molecule has 0 fully saturated rings. The first-order valence-electron chi connectivity index (χ1n) is 7.34. The average Bonchev–Trinajstić information content (AvgIpc) is 2.40. The molecule has 1 aromatic rings. The van der Waals surface area contributed by atoms with Crippen LogP contribution in [-0.4, -0.2) is 25.0 Å². The van der Waals surface area contributed by atoms with E-state index in [1.807, 2.05) is 0 Å². The lowest BCUT2D eigenvalue weighted by Gasteiger charge is -2.17. The van der Waals surface area contributed by atoms with E-state index in [9.17, 15) is 0 Å². The third-order valence-electron chi connectivity index (χ3n) is 3.21. The minimum absolute atomic E-state index is 0.957. The van der Waals surface area contributed by atoms with E-state index in [2.05, 4.69) is 65.2 Å². The fourth-order valence-corrected chi connectivity index (χ4v) is 2.59. The first-order valence-corrected chi connectivity index (χ1v) is 8.13. The van der Waals surface area contributed by atoms with Gasteiger partial charge in [0.05, 0.1) is 0 Å². The molecule has 0 radical (unpaired) electrons. The molecular formula is C16H27BrN2. The van der Waals surface area contributed by atoms with Gasteiger partial charge < -0.3 is 10.2 Å². The second-order valence-electron chi connectivity index (χ2n) is 5.19. The third kappa shape index (κ3) is 6.55. The minimum atomic E-state index is 0.957. The molecule has 0 unspecified atom stereocenters. The third-order valence-corrected chi connectivity index (χ3v) is 3.95. The van der Waals surface area contributed by atoms with E-state index < -0.39 is 0 Å². The summed E-state index contributed by atoms with van der Waals surface area (Å²) in [5.41, 5.74) is 2.72. The quantitative estimate of drug-likeness (QED) is 0.685. The number of halogens is 1. The number of hydrogen-bond donors (Lipinski definition) is 1. The molecular weight excluding hydrogens is 300 g/mol. The number of nitrogens with zero attached hydrogens (tertiary/aromatic N) is 1. The fraction of sp³-hybridized carbons (Fsp3) is 0.625. The first-order chi connectivity index (χ1) is 9.17. The van der Waals surface area contributed by atoms with Crippen molar-refractivity contribution >= 4 is 15.9 Å². The minimum Gasteiger partial charge on any atom is -0.313 e. The Labute approximate surface area is 126 Å². The summed E-state index contributed by atoms with van der Waals surface area (Å²) in [7, 11) is 2.19. The Morgan fingerprint density at radius 1 is 1.21 bits per heavy atom. The predicted molar refractivity (Wildman–Crippen MR) is 87.4 cm³/mol. The summed E-state index contributed by atoms with van der Waals surface area (Å²) in [5, 5.41) is 3.44. The first kappa shape index (κ1) is 16.7. The summed E-state index contributed by atoms with van der Waals surface area (Å²) < 4.78 is 1.23. The molecule has 108 valence electrons. The van der Waals surface area contributed by atoms with Crippen molar-refractivity contribution in [3.05, 3.63) is 33.8 Å². The number of nitrogens with one attached hydrogen (secondary N) is 1. The van der Waals surface area contributed by atoms with Crippen LogP contribution < -0.4 is 5.32 Å². The summed E-state index contributed by atoms with van der Waals surface area (Å²) in [6, 6.07) is 6.72. The van der Waals surface area contributed by atoms with E-state index in [1.165, 1.54) is 41.4 Å². The topological polar surface area (TPSA) is 15.3 Å². The average molecular weight is 327 g/mol. The fourth-order valence-electron chi connectivity index (χ4n) is 2.04. The molecule has 0 aliphatic heterocycles. The van der Waals surface area contributed by atoms with Crippen LogP contribution in [0.4, 0.5) is 0 Å². The Bertz CT molecular complexity index is 366. The summed E-state index contributed by atoms with van der Waals surface area (Å²) in [6.07, 6.45) is 3.71. The van der Waals surface area contributed by atoms with Gasteiger partial charge >= 0.3 is 0 Å². The van der Waals surface area contributed by atoms with Gasteiger partial charge in [-0.15, -0.1) is 0 Å². The lowest BCUT2D eigenvalue weighted by atomic mass is 10.1. The van der Waals surface area contributed by atoms with Crippen molar-refractivity contribution in [2.45, 2.75) is 46.2 Å². The van der Waals surface area contributed by atoms with Gasteiger partial charge in [-0.2, -0.15) is 0 Å². The molecule has 1 aromatic carbocycles. The van der Waals surface area contributed by atoms with Crippen molar-refractivity contribution in [1.82, 2.24) is 10.2 Å². The van der Waals surface area contributed by atoms with E-state index in [-0.39, 0.29) is 0 Å². The zero-order chi connectivity index (χ0) is 14.1. The van der Waals surface area contributed by atoms with Gasteiger partial charge in [-0.1, -0.05) is 48.3 Å². The van der Waals surface area contributed by atoms with Crippen molar-refractivity contribution in [3.63, 3.8) is 0 Å². The molecule has 0 aliphatic carbocycles. The van der Waals surface area contributed by atoms with Crippen LogP contribution in [0, 0.1) is 0 Å². The van der Waals surface area contributed by atoms with Gasteiger partial charge in [0.15, 0.2) is 0 Å². The maximum atomic E-state index is 3.70. The summed E-state index contributed by atoms with van der Waals surface area (Å²) >= 11 is 3.70. The molecule has 0 aliphatic rings. The zero-order valence-electron chi connectivity index (χ0n) is 12.5. The normalized spacial score (nSPS) is 11.2. The lowest BCUT2D eigenvalue weighted by Crippen LogP contribution is -2.19. The molecule has 19 heavy (non-hydrogen) atoms. The Morgan fingerprint density at radius 3 is 2.63 bits per heavy atom. The molecule has 0 aromatic heterocycles. The maximum Gasteiger partial charge on any atom is 0.0241 e. The largest absolute Gasteiger partial charge is 0.313 e. The van der Waals surface area contributed by atoms with E-state index in [0.29, 0.717) is 0 Å². The molecule has 0 saturated heterocycles. The smallest absolute Gasteiger partial charge is 0.0241 e. The van der Waals surface area contributed by atoms with E-state index >= 15 is 0 Å². The van der Waals surface area contributed by atoms with Crippen molar-refractivity contribution in [1.29, 1.82) is 0 Å². The van der Waals surface area contributed by atoms with Crippen LogP contribution >= 0.6 is 15.9 Å². The molecule has 2 nitrogen and oxygen atoms in total. The lowest BCUT2D eigenvalue weighted by molar-refractivity contribution is 0.320. The second kappa shape index (κ2) is 9.51. The van der Waals surface area contributed by atoms with Crippen molar-refractivity contribution in [2.24, 2.45) is 0 Å². The van der Waals surface area contributed by atoms with Crippen LogP contribution in [0.1, 0.15) is 44.2 Å². The van der Waals surface area contributed by atoms with Gasteiger partial charge in [-0.3, -0.25) is 0 Å². The Balaban J connectivity index is 2.51. The van der Waals surface area contributed by atoms with Crippen LogP contribution in [-0.2, 0) is 13.1 Å². The van der Waals surface area contributed by atoms with E-state index in [1.54, 1.807) is 0 Å². The maximum absolute atomic E-state index is 3.70. The van der Waals surface area contributed by atoms with Crippen LogP contribution in [0.3, 0.4) is 0 Å². The summed E-state index contributed by atoms with van der Waals surface area (Å²) in [5.74, 6) is 0. The van der Waals surface area contributed by atoms with Gasteiger partial charge in [0.2, 0.25) is 0 Å². The molecule has 0 saturated carbocycles. The number of rotatable bonds is 9. The molecule has 1 rings (SSSR count). The van der Waals surface area contributed by atoms with Crippen molar-refractivity contribution in [2.75, 3.05) is 20.1 Å². The van der Waals surface area contributed by atoms with Crippen LogP contribution in [0.5, 0.6) is 0 Å². The van der Waals surface area contributed by atoms with Gasteiger partial charge in [0.1, 0.15) is 0 Å². The van der Waals surface area contributed by atoms with Crippen LogP contribution in [0.25, 0.3) is 0 Å². The summed E-state index contributed by atoms with van der Waals surface area (Å²) in [4.78, 5) is 2.39. The second-order valence-corrected chi connectivity index (χ2v) is 6.05. The Hall–Kier alpha value is -0.380. The van der Waals surface area contributed by atoms with Gasteiger partial charge in [0, 0.05) is 17.6 Å². The SMILES string of the molecule is CCCCN(C)Cc1ccc(CNCCC)cc1Br. The highest BCUT2D eigenvalue weighted by molar-refractivity contribution is 9.10. The predicted octanol–water partition coefficient (Wildman–Crippen LogP) is 4.18. The highest BCUT2D eigenvalue weighted by atomic mass is 79.9. The standard InChI is InChI=1S/C16H27BrN2/c1-4-6-10-19(3)13-15-8-7-14(11-16(15)17)12-18-9-5-2/h7-8,11,18H,4-6,9-10,12-13H2,1-3H3. The zero-order valence-corrected chi connectivity index (χ0v) is 14.1. The van der Waals surface area contributed by atoms with Crippen molar-refractivity contribution in [3.8, 4) is 0 Å². The Morgan fingerprint density at radius 2 is 2.00 bits per heavy atom. The molecule has 0 bridgehead atoms. The van der Waals surface area contributed by atoms with Gasteiger partial charge in [-0.05, 0) is 50.2 Å². The van der Waals surface area contributed by atoms with E-state index in [0.717, 1.165) is 19.6 Å². The highest BCUT2D eigenvalue weighted by Crippen LogP contribution is 2.20. The molecule has 0 amide bonds. The van der Waals surface area contributed by atoms with Crippen LogP contribution in [0.2, 0.25) is 0 Å². The number of hydrogen-bond acceptors (Lipinski definition) is 2. The molecule has 0 heterocycles. The van der Waals surface area contributed by atoms with E-state index in [4.69, 9.17) is 0 Å². The number of unbranched alkanes of at least 4 members (excludes halogenated alkanes) is 1.